The molecule has 0 aliphatic carbocycles. The van der Waals surface area contributed by atoms with E-state index >= 15 is 0 Å². The normalized spacial score (nSPS) is 13.8. The molecule has 10 heteroatoms. The highest BCUT2D eigenvalue weighted by molar-refractivity contribution is 7.47. The number of nitrogens with zero attached hydrogens (tertiary/aromatic N) is 1. The third-order valence-electron chi connectivity index (χ3n) is 9.61. The third kappa shape index (κ3) is 43.4. The Balaban J connectivity index is 4.31. The molecule has 0 aromatic carbocycles. The van der Waals surface area contributed by atoms with Gasteiger partial charge in [-0.1, -0.05) is 152 Å². The lowest BCUT2D eigenvalue weighted by molar-refractivity contribution is -0.161. The Morgan fingerprint density at radius 2 is 0.947 bits per heavy atom. The van der Waals surface area contributed by atoms with Crippen molar-refractivity contribution in [2.24, 2.45) is 0 Å². The van der Waals surface area contributed by atoms with Crippen LogP contribution in [0.3, 0.4) is 0 Å². The number of rotatable bonds is 42. The van der Waals surface area contributed by atoms with E-state index < -0.39 is 32.5 Å². The molecule has 0 saturated carbocycles. The largest absolute Gasteiger partial charge is 0.472 e. The minimum atomic E-state index is -4.37. The molecule has 2 atom stereocenters. The molecule has 9 nitrogen and oxygen atoms in total. The van der Waals surface area contributed by atoms with E-state index in [1.807, 2.05) is 19.0 Å². The number of hydrogen-bond donors (Lipinski definition) is 1. The lowest BCUT2D eigenvalue weighted by Gasteiger charge is -2.20. The van der Waals surface area contributed by atoms with Crippen LogP contribution in [0.1, 0.15) is 194 Å². The van der Waals surface area contributed by atoms with E-state index in [2.05, 4.69) is 62.5 Å². The SMILES string of the molecule is CCCCC/C=C\C/C=C\C/C=C\CCCCCCC(=O)OCC(COP(=O)(O)OCCN(C)C)OC(=O)CCCCCCCCC/C=C\CCCCCCCC. The van der Waals surface area contributed by atoms with Crippen LogP contribution < -0.4 is 0 Å². The average molecular weight is 824 g/mol. The van der Waals surface area contributed by atoms with Crippen molar-refractivity contribution in [3.05, 3.63) is 48.6 Å². The molecular formula is C47H86NO8P. The Morgan fingerprint density at radius 1 is 0.544 bits per heavy atom. The van der Waals surface area contributed by atoms with Crippen molar-refractivity contribution in [1.29, 1.82) is 0 Å². The van der Waals surface area contributed by atoms with Gasteiger partial charge in [-0.25, -0.2) is 4.57 Å². The first-order valence-corrected chi connectivity index (χ1v) is 24.4. The molecule has 2 unspecified atom stereocenters. The molecule has 1 N–H and O–H groups in total. The van der Waals surface area contributed by atoms with Gasteiger partial charge in [-0.15, -0.1) is 0 Å². The summed E-state index contributed by atoms with van der Waals surface area (Å²) in [7, 11) is -0.726. The Labute approximate surface area is 350 Å². The summed E-state index contributed by atoms with van der Waals surface area (Å²) in [6, 6.07) is 0. The number of esters is 2. The van der Waals surface area contributed by atoms with Gasteiger partial charge < -0.3 is 19.3 Å². The maximum absolute atomic E-state index is 12.7. The van der Waals surface area contributed by atoms with E-state index in [4.69, 9.17) is 18.5 Å². The molecular weight excluding hydrogens is 737 g/mol. The Hall–Kier alpha value is -2.03. The molecule has 0 amide bonds. The van der Waals surface area contributed by atoms with Crippen LogP contribution in [0.4, 0.5) is 0 Å². The summed E-state index contributed by atoms with van der Waals surface area (Å²) in [6.45, 7) is 4.26. The number of ether oxygens (including phenoxy) is 2. The molecule has 0 saturated heterocycles. The summed E-state index contributed by atoms with van der Waals surface area (Å²) in [6.07, 6.45) is 47.2. The van der Waals surface area contributed by atoms with Crippen LogP contribution in [-0.4, -0.2) is 68.3 Å². The number of carbonyl (C=O) groups excluding carboxylic acids is 2. The van der Waals surface area contributed by atoms with Crippen LogP contribution in [0.2, 0.25) is 0 Å². The second kappa shape index (κ2) is 42.1. The maximum atomic E-state index is 12.7. The monoisotopic (exact) mass is 824 g/mol. The molecule has 0 aromatic heterocycles. The minimum absolute atomic E-state index is 0.00156. The zero-order valence-corrected chi connectivity index (χ0v) is 37.9. The van der Waals surface area contributed by atoms with E-state index in [0.29, 0.717) is 19.4 Å². The lowest BCUT2D eigenvalue weighted by atomic mass is 10.1. The van der Waals surface area contributed by atoms with Gasteiger partial charge in [0.15, 0.2) is 6.10 Å². The Bertz CT molecular complexity index is 1090. The van der Waals surface area contributed by atoms with Crippen LogP contribution in [0.15, 0.2) is 48.6 Å². The predicted octanol–water partition coefficient (Wildman–Crippen LogP) is 13.3. The number of likely N-dealkylation sites (N-methyl/N-ethyl adjacent to an activating group) is 1. The quantitative estimate of drug-likeness (QED) is 0.0278. The highest BCUT2D eigenvalue weighted by atomic mass is 31.2. The number of carbonyl (C=O) groups is 2. The van der Waals surface area contributed by atoms with Gasteiger partial charge in [-0.05, 0) is 91.1 Å². The van der Waals surface area contributed by atoms with Crippen LogP contribution in [0, 0.1) is 0 Å². The summed E-state index contributed by atoms with van der Waals surface area (Å²) in [5.74, 6) is -0.832. The summed E-state index contributed by atoms with van der Waals surface area (Å²) in [4.78, 5) is 37.1. The molecule has 0 spiro atoms. The summed E-state index contributed by atoms with van der Waals surface area (Å²) in [5.41, 5.74) is 0. The van der Waals surface area contributed by atoms with Crippen molar-refractivity contribution in [1.82, 2.24) is 4.90 Å². The van der Waals surface area contributed by atoms with Crippen molar-refractivity contribution >= 4 is 19.8 Å². The molecule has 0 aliphatic heterocycles. The van der Waals surface area contributed by atoms with Crippen molar-refractivity contribution in [2.75, 3.05) is 40.5 Å². The van der Waals surface area contributed by atoms with Gasteiger partial charge in [0.05, 0.1) is 13.2 Å². The average Bonchev–Trinajstić information content (AvgIpc) is 3.18. The Kier molecular flexibility index (Phi) is 40.6. The second-order valence-electron chi connectivity index (χ2n) is 15.6. The van der Waals surface area contributed by atoms with Gasteiger partial charge in [-0.3, -0.25) is 18.6 Å². The molecule has 0 rings (SSSR count). The van der Waals surface area contributed by atoms with Crippen molar-refractivity contribution < 1.29 is 37.6 Å². The third-order valence-corrected chi connectivity index (χ3v) is 10.6. The van der Waals surface area contributed by atoms with Crippen molar-refractivity contribution in [3.63, 3.8) is 0 Å². The Morgan fingerprint density at radius 3 is 1.46 bits per heavy atom. The van der Waals surface area contributed by atoms with Gasteiger partial charge in [-0.2, -0.15) is 0 Å². The van der Waals surface area contributed by atoms with Gasteiger partial charge in [0.2, 0.25) is 0 Å². The second-order valence-corrected chi connectivity index (χ2v) is 17.0. The zero-order valence-electron chi connectivity index (χ0n) is 37.0. The number of phosphoric ester groups is 1. The van der Waals surface area contributed by atoms with E-state index in [1.54, 1.807) is 0 Å². The van der Waals surface area contributed by atoms with E-state index in [-0.39, 0.29) is 26.1 Å². The fourth-order valence-corrected chi connectivity index (χ4v) is 6.78. The molecule has 0 radical (unpaired) electrons. The van der Waals surface area contributed by atoms with Crippen molar-refractivity contribution in [3.8, 4) is 0 Å². The number of hydrogen-bond acceptors (Lipinski definition) is 8. The number of unbranched alkanes of at least 4 members (excludes halogenated alkanes) is 20. The first kappa shape index (κ1) is 55.0. The highest BCUT2D eigenvalue weighted by Crippen LogP contribution is 2.43. The fraction of sp³-hybridized carbons (Fsp3) is 0.787. The van der Waals surface area contributed by atoms with E-state index in [1.165, 1.54) is 89.9 Å². The molecule has 0 fully saturated rings. The standard InChI is InChI=1S/C47H86NO8P/c1-5-7-9-11-13-15-17-19-21-23-25-27-29-31-33-35-37-39-46(49)53-43-45(44-55-57(51,52)54-42-41-48(3)4)56-47(50)40-38-36-34-32-30-28-26-24-22-20-18-16-14-12-10-8-6-2/h13,15,19-22,25,27,45H,5-12,14,16-18,23-24,26,28-44H2,1-4H3,(H,51,52)/b15-13-,21-19-,22-20-,27-25-. The molecule has 0 bridgehead atoms. The smallest absolute Gasteiger partial charge is 0.462 e. The van der Waals surface area contributed by atoms with Gasteiger partial charge in [0.25, 0.3) is 0 Å². The van der Waals surface area contributed by atoms with E-state index in [9.17, 15) is 19.0 Å². The number of allylic oxidation sites excluding steroid dienone is 8. The summed E-state index contributed by atoms with van der Waals surface area (Å²) in [5, 5.41) is 0. The topological polar surface area (TPSA) is 112 Å². The molecule has 57 heavy (non-hydrogen) atoms. The first-order chi connectivity index (χ1) is 27.7. The van der Waals surface area contributed by atoms with Gasteiger partial charge >= 0.3 is 19.8 Å². The summed E-state index contributed by atoms with van der Waals surface area (Å²) < 4.78 is 33.5. The van der Waals surface area contributed by atoms with Gasteiger partial charge in [0.1, 0.15) is 6.61 Å². The molecule has 0 aromatic rings. The fourth-order valence-electron chi connectivity index (χ4n) is 6.04. The summed E-state index contributed by atoms with van der Waals surface area (Å²) >= 11 is 0. The molecule has 332 valence electrons. The van der Waals surface area contributed by atoms with E-state index in [0.717, 1.165) is 64.2 Å². The lowest BCUT2D eigenvalue weighted by Crippen LogP contribution is -2.29. The number of phosphoric acid groups is 1. The molecule has 0 aliphatic rings. The predicted molar refractivity (Wildman–Crippen MR) is 238 cm³/mol. The first-order valence-electron chi connectivity index (χ1n) is 22.9. The van der Waals surface area contributed by atoms with Crippen LogP contribution >= 0.6 is 7.82 Å². The minimum Gasteiger partial charge on any atom is -0.462 e. The van der Waals surface area contributed by atoms with Crippen LogP contribution in [0.5, 0.6) is 0 Å². The molecule has 0 heterocycles. The van der Waals surface area contributed by atoms with Crippen LogP contribution in [-0.2, 0) is 32.7 Å². The van der Waals surface area contributed by atoms with Crippen molar-refractivity contribution in [2.45, 2.75) is 200 Å². The van der Waals surface area contributed by atoms with Crippen LogP contribution in [0.25, 0.3) is 0 Å². The van der Waals surface area contributed by atoms with Gasteiger partial charge in [0, 0.05) is 19.4 Å². The maximum Gasteiger partial charge on any atom is 0.472 e. The zero-order chi connectivity index (χ0) is 41.9. The highest BCUT2D eigenvalue weighted by Gasteiger charge is 2.26.